The first kappa shape index (κ1) is 10.3. The van der Waals surface area contributed by atoms with E-state index in [9.17, 15) is 4.79 Å². The van der Waals surface area contributed by atoms with E-state index in [0.29, 0.717) is 13.2 Å². The Hall–Kier alpha value is -0.650. The summed E-state index contributed by atoms with van der Waals surface area (Å²) in [6.45, 7) is 1.12. The van der Waals surface area contributed by atoms with Gasteiger partial charge >= 0.3 is 0 Å². The first-order valence-electron chi connectivity index (χ1n) is 3.35. The standard InChI is InChI=1S/C6H14N2O3/c1-7-6(9)5-8-11-4-3-10-2/h8H,3-5H2,1-2H3,(H,7,9). The van der Waals surface area contributed by atoms with Crippen molar-refractivity contribution in [1.29, 1.82) is 0 Å². The second-order valence-corrected chi connectivity index (χ2v) is 1.84. The molecule has 0 aromatic carbocycles. The topological polar surface area (TPSA) is 59.6 Å². The normalized spacial score (nSPS) is 9.64. The lowest BCUT2D eigenvalue weighted by atomic mass is 10.6. The van der Waals surface area contributed by atoms with Crippen molar-refractivity contribution >= 4 is 5.91 Å². The third-order valence-corrected chi connectivity index (χ3v) is 1.00. The Bertz CT molecular complexity index is 108. The molecule has 0 saturated carbocycles. The van der Waals surface area contributed by atoms with Crippen LogP contribution in [0, 0.1) is 0 Å². The van der Waals surface area contributed by atoms with E-state index in [1.54, 1.807) is 14.2 Å². The van der Waals surface area contributed by atoms with Crippen molar-refractivity contribution in [2.75, 3.05) is 33.9 Å². The van der Waals surface area contributed by atoms with Gasteiger partial charge < -0.3 is 10.1 Å². The molecule has 0 aromatic rings. The Labute approximate surface area is 66.0 Å². The number of nitrogens with one attached hydrogen (secondary N) is 2. The maximum absolute atomic E-state index is 10.6. The predicted molar refractivity (Wildman–Crippen MR) is 39.9 cm³/mol. The largest absolute Gasteiger partial charge is 0.382 e. The molecule has 0 bridgehead atoms. The highest BCUT2D eigenvalue weighted by Gasteiger charge is 1.94. The number of hydroxylamine groups is 1. The summed E-state index contributed by atoms with van der Waals surface area (Å²) in [6, 6.07) is 0. The minimum Gasteiger partial charge on any atom is -0.382 e. The fourth-order valence-corrected chi connectivity index (χ4v) is 0.402. The van der Waals surface area contributed by atoms with Gasteiger partial charge in [0.2, 0.25) is 5.91 Å². The molecular formula is C6H14N2O3. The van der Waals surface area contributed by atoms with E-state index in [0.717, 1.165) is 0 Å². The average molecular weight is 162 g/mol. The molecule has 0 aliphatic rings. The summed E-state index contributed by atoms with van der Waals surface area (Å²) >= 11 is 0. The number of carbonyl (C=O) groups excluding carboxylic acids is 1. The zero-order valence-corrected chi connectivity index (χ0v) is 6.85. The fraction of sp³-hybridized carbons (Fsp3) is 0.833. The van der Waals surface area contributed by atoms with E-state index >= 15 is 0 Å². The maximum Gasteiger partial charge on any atom is 0.236 e. The number of methoxy groups -OCH3 is 1. The molecule has 5 nitrogen and oxygen atoms in total. The molecule has 0 aromatic heterocycles. The first-order valence-corrected chi connectivity index (χ1v) is 3.35. The minimum absolute atomic E-state index is 0.109. The van der Waals surface area contributed by atoms with Crippen LogP contribution in [-0.2, 0) is 14.4 Å². The van der Waals surface area contributed by atoms with Crippen LogP contribution < -0.4 is 10.8 Å². The summed E-state index contributed by atoms with van der Waals surface area (Å²) in [5, 5.41) is 2.44. The van der Waals surface area contributed by atoms with Crippen molar-refractivity contribution < 1.29 is 14.4 Å². The van der Waals surface area contributed by atoms with E-state index in [2.05, 4.69) is 10.8 Å². The monoisotopic (exact) mass is 162 g/mol. The Morgan fingerprint density at radius 3 is 2.73 bits per heavy atom. The molecule has 0 aliphatic carbocycles. The predicted octanol–water partition coefficient (Wildman–Crippen LogP) is -1.10. The third-order valence-electron chi connectivity index (χ3n) is 1.00. The van der Waals surface area contributed by atoms with Crippen molar-refractivity contribution in [1.82, 2.24) is 10.8 Å². The quantitative estimate of drug-likeness (QED) is 0.384. The van der Waals surface area contributed by atoms with E-state index < -0.39 is 0 Å². The summed E-state index contributed by atoms with van der Waals surface area (Å²) in [5.41, 5.74) is 2.48. The molecule has 0 atom stereocenters. The second kappa shape index (κ2) is 7.46. The van der Waals surface area contributed by atoms with Crippen molar-refractivity contribution in [2.24, 2.45) is 0 Å². The Morgan fingerprint density at radius 1 is 1.45 bits per heavy atom. The van der Waals surface area contributed by atoms with Crippen LogP contribution in [0.5, 0.6) is 0 Å². The lowest BCUT2D eigenvalue weighted by Crippen LogP contribution is -2.32. The SMILES string of the molecule is CNC(=O)CNOCCOC. The van der Waals surface area contributed by atoms with Crippen molar-refractivity contribution in [2.45, 2.75) is 0 Å². The lowest BCUT2D eigenvalue weighted by molar-refractivity contribution is -0.122. The molecule has 5 heteroatoms. The number of likely N-dealkylation sites (N-methyl/N-ethyl adjacent to an activating group) is 1. The molecule has 0 heterocycles. The van der Waals surface area contributed by atoms with Gasteiger partial charge in [-0.25, -0.2) is 0 Å². The summed E-state index contributed by atoms with van der Waals surface area (Å²) in [6.07, 6.45) is 0. The molecule has 66 valence electrons. The minimum atomic E-state index is -0.109. The Morgan fingerprint density at radius 2 is 2.18 bits per heavy atom. The Balaban J connectivity index is 2.95. The van der Waals surface area contributed by atoms with Gasteiger partial charge in [-0.2, -0.15) is 5.48 Å². The number of hydrogen-bond donors (Lipinski definition) is 2. The molecule has 0 spiro atoms. The molecule has 0 fully saturated rings. The highest BCUT2D eigenvalue weighted by molar-refractivity contribution is 5.77. The number of carbonyl (C=O) groups is 1. The summed E-state index contributed by atoms with van der Waals surface area (Å²) in [7, 11) is 3.15. The van der Waals surface area contributed by atoms with E-state index in [1.165, 1.54) is 0 Å². The van der Waals surface area contributed by atoms with Crippen LogP contribution in [-0.4, -0.2) is 39.8 Å². The smallest absolute Gasteiger partial charge is 0.236 e. The van der Waals surface area contributed by atoms with Gasteiger partial charge in [0.05, 0.1) is 19.8 Å². The Kier molecular flexibility index (Phi) is 7.02. The highest BCUT2D eigenvalue weighted by Crippen LogP contribution is 1.69. The molecule has 0 saturated heterocycles. The molecule has 0 aliphatic heterocycles. The van der Waals surface area contributed by atoms with E-state index in [-0.39, 0.29) is 12.5 Å². The summed E-state index contributed by atoms with van der Waals surface area (Å²) < 4.78 is 4.71. The molecule has 1 amide bonds. The molecule has 11 heavy (non-hydrogen) atoms. The van der Waals surface area contributed by atoms with Crippen LogP contribution in [0.15, 0.2) is 0 Å². The van der Waals surface area contributed by atoms with Crippen molar-refractivity contribution in [3.8, 4) is 0 Å². The average Bonchev–Trinajstić information content (AvgIpc) is 2.04. The molecule has 0 rings (SSSR count). The molecule has 0 radical (unpaired) electrons. The first-order chi connectivity index (χ1) is 5.31. The van der Waals surface area contributed by atoms with Crippen LogP contribution in [0.25, 0.3) is 0 Å². The van der Waals surface area contributed by atoms with Gasteiger partial charge in [0.1, 0.15) is 0 Å². The fourth-order valence-electron chi connectivity index (χ4n) is 0.402. The number of hydrogen-bond acceptors (Lipinski definition) is 4. The number of ether oxygens (including phenoxy) is 1. The van der Waals surface area contributed by atoms with Gasteiger partial charge in [0.15, 0.2) is 0 Å². The van der Waals surface area contributed by atoms with Gasteiger partial charge in [-0.05, 0) is 0 Å². The third kappa shape index (κ3) is 7.24. The molecular weight excluding hydrogens is 148 g/mol. The van der Waals surface area contributed by atoms with Gasteiger partial charge in [-0.3, -0.25) is 9.63 Å². The van der Waals surface area contributed by atoms with Crippen molar-refractivity contribution in [3.05, 3.63) is 0 Å². The van der Waals surface area contributed by atoms with Crippen molar-refractivity contribution in [3.63, 3.8) is 0 Å². The summed E-state index contributed by atoms with van der Waals surface area (Å²) in [5.74, 6) is -0.109. The zero-order chi connectivity index (χ0) is 8.53. The van der Waals surface area contributed by atoms with Crippen LogP contribution in [0.4, 0.5) is 0 Å². The second-order valence-electron chi connectivity index (χ2n) is 1.84. The van der Waals surface area contributed by atoms with Crippen LogP contribution >= 0.6 is 0 Å². The van der Waals surface area contributed by atoms with E-state index in [1.807, 2.05) is 0 Å². The van der Waals surface area contributed by atoms with Crippen LogP contribution in [0.2, 0.25) is 0 Å². The van der Waals surface area contributed by atoms with E-state index in [4.69, 9.17) is 9.57 Å². The van der Waals surface area contributed by atoms with Crippen LogP contribution in [0.1, 0.15) is 0 Å². The molecule has 2 N–H and O–H groups in total. The van der Waals surface area contributed by atoms with Gasteiger partial charge in [0.25, 0.3) is 0 Å². The molecule has 0 unspecified atom stereocenters. The van der Waals surface area contributed by atoms with Gasteiger partial charge in [-0.1, -0.05) is 0 Å². The highest BCUT2D eigenvalue weighted by atomic mass is 16.7. The van der Waals surface area contributed by atoms with Crippen LogP contribution in [0.3, 0.4) is 0 Å². The summed E-state index contributed by atoms with van der Waals surface area (Å²) in [4.78, 5) is 15.4. The zero-order valence-electron chi connectivity index (χ0n) is 6.85. The van der Waals surface area contributed by atoms with Gasteiger partial charge in [-0.15, -0.1) is 0 Å². The number of amides is 1. The lowest BCUT2D eigenvalue weighted by Gasteiger charge is -2.03. The van der Waals surface area contributed by atoms with Gasteiger partial charge in [0, 0.05) is 14.2 Å². The maximum atomic E-state index is 10.6. The number of rotatable bonds is 6.